The highest BCUT2D eigenvalue weighted by atomic mass is 79.9. The summed E-state index contributed by atoms with van der Waals surface area (Å²) in [6.07, 6.45) is 0.586. The molecule has 22 heavy (non-hydrogen) atoms. The van der Waals surface area contributed by atoms with Crippen molar-refractivity contribution in [3.05, 3.63) is 28.2 Å². The lowest BCUT2D eigenvalue weighted by atomic mass is 9.84. The Kier molecular flexibility index (Phi) is 6.15. The number of benzene rings is 1. The van der Waals surface area contributed by atoms with Crippen LogP contribution in [0.2, 0.25) is 0 Å². The molecule has 0 saturated heterocycles. The molecule has 0 bridgehead atoms. The molecule has 124 valence electrons. The summed E-state index contributed by atoms with van der Waals surface area (Å²) in [4.78, 5) is 0. The maximum Gasteiger partial charge on any atom is 0.421 e. The number of hydrogen-bond donors (Lipinski definition) is 1. The molecule has 0 aliphatic heterocycles. The van der Waals surface area contributed by atoms with Crippen LogP contribution in [0.3, 0.4) is 0 Å². The summed E-state index contributed by atoms with van der Waals surface area (Å²) < 4.78 is 45.0. The van der Waals surface area contributed by atoms with E-state index in [-0.39, 0.29) is 22.9 Å². The van der Waals surface area contributed by atoms with E-state index in [1.807, 2.05) is 0 Å². The zero-order valence-corrected chi connectivity index (χ0v) is 13.8. The average Bonchev–Trinajstić information content (AvgIpc) is 2.45. The first-order valence-electron chi connectivity index (χ1n) is 7.55. The van der Waals surface area contributed by atoms with Crippen molar-refractivity contribution in [3.63, 3.8) is 0 Å². The van der Waals surface area contributed by atoms with Crippen LogP contribution in [0.4, 0.5) is 13.2 Å². The van der Waals surface area contributed by atoms with Crippen molar-refractivity contribution in [1.82, 2.24) is 0 Å². The average molecular weight is 381 g/mol. The van der Waals surface area contributed by atoms with Gasteiger partial charge in [0.05, 0.1) is 6.10 Å². The van der Waals surface area contributed by atoms with Gasteiger partial charge in [-0.2, -0.15) is 13.2 Å². The first-order valence-corrected chi connectivity index (χ1v) is 8.34. The Bertz CT molecular complexity index is 483. The van der Waals surface area contributed by atoms with Crippen molar-refractivity contribution in [1.29, 1.82) is 0 Å². The van der Waals surface area contributed by atoms with Gasteiger partial charge in [0, 0.05) is 11.1 Å². The molecule has 0 radical (unpaired) electrons. The molecule has 0 amide bonds. The standard InChI is InChI=1S/C16H20BrF3O2/c17-13-4-1-5-14(15(13)16(18,19)20)22-12-8-6-11(7-9-12)3-2-10-21/h1,4-5,11-12,21H,2-3,6-10H2. The summed E-state index contributed by atoms with van der Waals surface area (Å²) in [5.74, 6) is 0.456. The van der Waals surface area contributed by atoms with Crippen LogP contribution in [-0.2, 0) is 6.18 Å². The number of aliphatic hydroxyl groups excluding tert-OH is 1. The molecule has 0 spiro atoms. The number of halogens is 4. The van der Waals surface area contributed by atoms with Gasteiger partial charge >= 0.3 is 6.18 Å². The van der Waals surface area contributed by atoms with Gasteiger partial charge in [-0.25, -0.2) is 0 Å². The number of rotatable bonds is 5. The van der Waals surface area contributed by atoms with E-state index >= 15 is 0 Å². The Morgan fingerprint density at radius 2 is 1.86 bits per heavy atom. The molecule has 0 atom stereocenters. The van der Waals surface area contributed by atoms with Crippen LogP contribution in [0.1, 0.15) is 44.1 Å². The van der Waals surface area contributed by atoms with Crippen molar-refractivity contribution in [2.45, 2.75) is 50.8 Å². The van der Waals surface area contributed by atoms with E-state index in [4.69, 9.17) is 9.84 Å². The third kappa shape index (κ3) is 4.62. The summed E-state index contributed by atoms with van der Waals surface area (Å²) in [7, 11) is 0. The zero-order valence-electron chi connectivity index (χ0n) is 12.2. The number of alkyl halides is 3. The van der Waals surface area contributed by atoms with Gasteiger partial charge in [-0.15, -0.1) is 0 Å². The van der Waals surface area contributed by atoms with Crippen molar-refractivity contribution in [3.8, 4) is 5.75 Å². The Morgan fingerprint density at radius 3 is 2.45 bits per heavy atom. The fourth-order valence-corrected chi connectivity index (χ4v) is 3.55. The molecule has 2 rings (SSSR count). The monoisotopic (exact) mass is 380 g/mol. The van der Waals surface area contributed by atoms with Gasteiger partial charge in [-0.3, -0.25) is 0 Å². The van der Waals surface area contributed by atoms with Crippen LogP contribution in [0.15, 0.2) is 22.7 Å². The predicted octanol–water partition coefficient (Wildman–Crippen LogP) is 5.18. The van der Waals surface area contributed by atoms with Gasteiger partial charge < -0.3 is 9.84 Å². The van der Waals surface area contributed by atoms with Crippen LogP contribution >= 0.6 is 15.9 Å². The van der Waals surface area contributed by atoms with Crippen LogP contribution in [0, 0.1) is 5.92 Å². The van der Waals surface area contributed by atoms with Gasteiger partial charge in [0.25, 0.3) is 0 Å². The lowest BCUT2D eigenvalue weighted by Crippen LogP contribution is -2.25. The first-order chi connectivity index (χ1) is 10.4. The summed E-state index contributed by atoms with van der Waals surface area (Å²) >= 11 is 2.96. The minimum absolute atomic E-state index is 0.00846. The molecule has 1 fully saturated rings. The summed E-state index contributed by atoms with van der Waals surface area (Å²) in [6, 6.07) is 4.31. The molecule has 0 heterocycles. The van der Waals surface area contributed by atoms with Crippen molar-refractivity contribution < 1.29 is 23.0 Å². The quantitative estimate of drug-likeness (QED) is 0.762. The molecule has 1 aliphatic carbocycles. The largest absolute Gasteiger partial charge is 0.490 e. The second-order valence-corrected chi connectivity index (χ2v) is 6.59. The van der Waals surface area contributed by atoms with Crippen molar-refractivity contribution >= 4 is 15.9 Å². The molecule has 0 unspecified atom stereocenters. The van der Waals surface area contributed by atoms with E-state index in [1.165, 1.54) is 12.1 Å². The zero-order chi connectivity index (χ0) is 16.2. The van der Waals surface area contributed by atoms with E-state index < -0.39 is 11.7 Å². The van der Waals surface area contributed by atoms with Crippen molar-refractivity contribution in [2.75, 3.05) is 6.61 Å². The molecule has 2 nitrogen and oxygen atoms in total. The molecule has 0 aromatic heterocycles. The van der Waals surface area contributed by atoms with E-state index in [0.717, 1.165) is 38.5 Å². The third-order valence-corrected chi connectivity index (χ3v) is 4.78. The fraction of sp³-hybridized carbons (Fsp3) is 0.625. The number of aliphatic hydroxyl groups is 1. The Balaban J connectivity index is 2.00. The lowest BCUT2D eigenvalue weighted by molar-refractivity contribution is -0.140. The molecular formula is C16H20BrF3O2. The third-order valence-electron chi connectivity index (χ3n) is 4.12. The Morgan fingerprint density at radius 1 is 1.18 bits per heavy atom. The highest BCUT2D eigenvalue weighted by Gasteiger charge is 2.37. The topological polar surface area (TPSA) is 29.5 Å². The van der Waals surface area contributed by atoms with Gasteiger partial charge in [-0.05, 0) is 56.6 Å². The van der Waals surface area contributed by atoms with Gasteiger partial charge in [-0.1, -0.05) is 22.0 Å². The van der Waals surface area contributed by atoms with E-state index in [1.54, 1.807) is 6.07 Å². The normalized spacial score (nSPS) is 22.6. The Hall–Kier alpha value is -0.750. The molecule has 6 heteroatoms. The smallest absolute Gasteiger partial charge is 0.421 e. The number of ether oxygens (including phenoxy) is 1. The first kappa shape index (κ1) is 17.6. The minimum atomic E-state index is -4.44. The van der Waals surface area contributed by atoms with Crippen LogP contribution < -0.4 is 4.74 Å². The van der Waals surface area contributed by atoms with Gasteiger partial charge in [0.15, 0.2) is 0 Å². The van der Waals surface area contributed by atoms with E-state index in [0.29, 0.717) is 5.92 Å². The van der Waals surface area contributed by atoms with Gasteiger partial charge in [0.2, 0.25) is 0 Å². The summed E-state index contributed by atoms with van der Waals surface area (Å²) in [5.41, 5.74) is -0.739. The summed E-state index contributed by atoms with van der Waals surface area (Å²) in [6.45, 7) is 0.198. The van der Waals surface area contributed by atoms with Crippen LogP contribution in [-0.4, -0.2) is 17.8 Å². The fourth-order valence-electron chi connectivity index (χ4n) is 2.98. The van der Waals surface area contributed by atoms with E-state index in [2.05, 4.69) is 15.9 Å². The minimum Gasteiger partial charge on any atom is -0.490 e. The number of hydrogen-bond acceptors (Lipinski definition) is 2. The van der Waals surface area contributed by atoms with Crippen LogP contribution in [0.5, 0.6) is 5.75 Å². The van der Waals surface area contributed by atoms with Gasteiger partial charge in [0.1, 0.15) is 11.3 Å². The van der Waals surface area contributed by atoms with Crippen molar-refractivity contribution in [2.24, 2.45) is 5.92 Å². The maximum absolute atomic E-state index is 13.1. The molecule has 1 saturated carbocycles. The lowest BCUT2D eigenvalue weighted by Gasteiger charge is -2.29. The SMILES string of the molecule is OCCCC1CCC(Oc2cccc(Br)c2C(F)(F)F)CC1. The second kappa shape index (κ2) is 7.68. The molecule has 1 aliphatic rings. The molecule has 1 aromatic carbocycles. The molecule has 1 aromatic rings. The second-order valence-electron chi connectivity index (χ2n) is 5.74. The van der Waals surface area contributed by atoms with Crippen LogP contribution in [0.25, 0.3) is 0 Å². The summed E-state index contributed by atoms with van der Waals surface area (Å²) in [5, 5.41) is 8.84. The molecular weight excluding hydrogens is 361 g/mol. The predicted molar refractivity (Wildman–Crippen MR) is 81.8 cm³/mol. The maximum atomic E-state index is 13.1. The highest BCUT2D eigenvalue weighted by molar-refractivity contribution is 9.10. The molecule has 1 N–H and O–H groups in total. The highest BCUT2D eigenvalue weighted by Crippen LogP contribution is 2.42. The Labute approximate surface area is 136 Å². The van der Waals surface area contributed by atoms with E-state index in [9.17, 15) is 13.2 Å².